The second kappa shape index (κ2) is 5.35. The number of benzene rings is 1. The largest absolute Gasteiger partial charge is 0.465 e. The highest BCUT2D eigenvalue weighted by molar-refractivity contribution is 5.89. The van der Waals surface area contributed by atoms with Crippen LogP contribution in [0.2, 0.25) is 0 Å². The Labute approximate surface area is 106 Å². The molecular formula is C13H17FN2O2. The standard InChI is InChI=1S/C13H17FN2O2/c1-18-13(17)9-5-6-11(10(14)8-9)16-7-3-2-4-12(16)15/h5-6,8,12H,2-4,7,15H2,1H3/t12-/m0/s1. The van der Waals surface area contributed by atoms with Gasteiger partial charge in [-0.25, -0.2) is 9.18 Å². The number of ether oxygens (including phenoxy) is 1. The number of hydrogen-bond acceptors (Lipinski definition) is 4. The van der Waals surface area contributed by atoms with Crippen molar-refractivity contribution < 1.29 is 13.9 Å². The van der Waals surface area contributed by atoms with Crippen LogP contribution in [0, 0.1) is 5.82 Å². The first-order chi connectivity index (χ1) is 8.63. The van der Waals surface area contributed by atoms with Gasteiger partial charge in [0.05, 0.1) is 24.5 Å². The van der Waals surface area contributed by atoms with E-state index in [-0.39, 0.29) is 11.7 Å². The second-order valence-corrected chi connectivity index (χ2v) is 4.41. The van der Waals surface area contributed by atoms with E-state index in [4.69, 9.17) is 5.73 Å². The van der Waals surface area contributed by atoms with E-state index < -0.39 is 11.8 Å². The number of hydrogen-bond donors (Lipinski definition) is 1. The molecule has 1 saturated heterocycles. The average Bonchev–Trinajstić information content (AvgIpc) is 2.39. The van der Waals surface area contributed by atoms with Gasteiger partial charge in [-0.2, -0.15) is 0 Å². The fourth-order valence-electron chi connectivity index (χ4n) is 2.24. The van der Waals surface area contributed by atoms with Crippen LogP contribution in [0.3, 0.4) is 0 Å². The van der Waals surface area contributed by atoms with E-state index in [0.29, 0.717) is 5.69 Å². The molecule has 0 aliphatic carbocycles. The molecule has 1 aliphatic rings. The summed E-state index contributed by atoms with van der Waals surface area (Å²) in [6, 6.07) is 4.35. The predicted octanol–water partition coefficient (Wildman–Crippen LogP) is 1.89. The number of methoxy groups -OCH3 is 1. The highest BCUT2D eigenvalue weighted by Gasteiger charge is 2.22. The van der Waals surface area contributed by atoms with E-state index >= 15 is 0 Å². The van der Waals surface area contributed by atoms with Crippen molar-refractivity contribution in [1.82, 2.24) is 0 Å². The Hall–Kier alpha value is -1.62. The van der Waals surface area contributed by atoms with Gasteiger partial charge in [-0.1, -0.05) is 0 Å². The van der Waals surface area contributed by atoms with Crippen molar-refractivity contribution in [3.05, 3.63) is 29.6 Å². The first kappa shape index (κ1) is 12.8. The molecule has 2 N–H and O–H groups in total. The summed E-state index contributed by atoms with van der Waals surface area (Å²) in [6.45, 7) is 0.746. The third-order valence-electron chi connectivity index (χ3n) is 3.23. The smallest absolute Gasteiger partial charge is 0.337 e. The van der Waals surface area contributed by atoms with Crippen molar-refractivity contribution in [2.75, 3.05) is 18.6 Å². The van der Waals surface area contributed by atoms with Gasteiger partial charge in [0, 0.05) is 6.54 Å². The van der Waals surface area contributed by atoms with E-state index in [1.807, 2.05) is 4.90 Å². The molecule has 0 radical (unpaired) electrons. The van der Waals surface area contributed by atoms with Gasteiger partial charge >= 0.3 is 5.97 Å². The van der Waals surface area contributed by atoms with Crippen LogP contribution in [-0.2, 0) is 4.74 Å². The molecule has 1 atom stereocenters. The van der Waals surface area contributed by atoms with Crippen LogP contribution >= 0.6 is 0 Å². The van der Waals surface area contributed by atoms with Crippen molar-refractivity contribution in [2.24, 2.45) is 5.73 Å². The zero-order valence-corrected chi connectivity index (χ0v) is 10.4. The number of carbonyl (C=O) groups is 1. The fourth-order valence-corrected chi connectivity index (χ4v) is 2.24. The molecule has 2 rings (SSSR count). The lowest BCUT2D eigenvalue weighted by molar-refractivity contribution is 0.0600. The molecule has 1 aromatic rings. The van der Waals surface area contributed by atoms with Gasteiger partial charge < -0.3 is 15.4 Å². The fraction of sp³-hybridized carbons (Fsp3) is 0.462. The summed E-state index contributed by atoms with van der Waals surface area (Å²) in [6.07, 6.45) is 2.78. The molecule has 1 aliphatic heterocycles. The molecule has 1 aromatic carbocycles. The quantitative estimate of drug-likeness (QED) is 0.817. The van der Waals surface area contributed by atoms with Crippen molar-refractivity contribution >= 4 is 11.7 Å². The van der Waals surface area contributed by atoms with Crippen LogP contribution in [0.25, 0.3) is 0 Å². The number of carbonyl (C=O) groups excluding carboxylic acids is 1. The normalized spacial score (nSPS) is 19.7. The number of rotatable bonds is 2. The summed E-state index contributed by atoms with van der Waals surface area (Å²) in [5.41, 5.74) is 6.64. The number of anilines is 1. The summed E-state index contributed by atoms with van der Waals surface area (Å²) in [4.78, 5) is 13.1. The minimum absolute atomic E-state index is 0.155. The minimum Gasteiger partial charge on any atom is -0.465 e. The predicted molar refractivity (Wildman–Crippen MR) is 66.9 cm³/mol. The monoisotopic (exact) mass is 252 g/mol. The number of nitrogens with two attached hydrogens (primary N) is 1. The maximum Gasteiger partial charge on any atom is 0.337 e. The first-order valence-corrected chi connectivity index (χ1v) is 6.03. The molecule has 0 amide bonds. The van der Waals surface area contributed by atoms with Gasteiger partial charge in [0.15, 0.2) is 0 Å². The van der Waals surface area contributed by atoms with E-state index in [9.17, 15) is 9.18 Å². The van der Waals surface area contributed by atoms with Gasteiger partial charge in [0.2, 0.25) is 0 Å². The molecule has 1 heterocycles. The Kier molecular flexibility index (Phi) is 3.81. The van der Waals surface area contributed by atoms with Crippen LogP contribution in [0.5, 0.6) is 0 Å². The van der Waals surface area contributed by atoms with Crippen LogP contribution in [0.4, 0.5) is 10.1 Å². The highest BCUT2D eigenvalue weighted by atomic mass is 19.1. The van der Waals surface area contributed by atoms with E-state index in [1.165, 1.54) is 13.2 Å². The molecule has 1 fully saturated rings. The van der Waals surface area contributed by atoms with Gasteiger partial charge in [-0.15, -0.1) is 0 Å². The van der Waals surface area contributed by atoms with Crippen molar-refractivity contribution in [2.45, 2.75) is 25.4 Å². The average molecular weight is 252 g/mol. The van der Waals surface area contributed by atoms with Crippen LogP contribution < -0.4 is 10.6 Å². The summed E-state index contributed by atoms with van der Waals surface area (Å²) >= 11 is 0. The Balaban J connectivity index is 2.26. The Morgan fingerprint density at radius 1 is 1.50 bits per heavy atom. The summed E-state index contributed by atoms with van der Waals surface area (Å²) < 4.78 is 18.6. The maximum atomic E-state index is 14.0. The Morgan fingerprint density at radius 3 is 2.89 bits per heavy atom. The third-order valence-corrected chi connectivity index (χ3v) is 3.23. The molecule has 4 nitrogen and oxygen atoms in total. The van der Waals surface area contributed by atoms with E-state index in [1.54, 1.807) is 12.1 Å². The van der Waals surface area contributed by atoms with E-state index in [0.717, 1.165) is 25.8 Å². The zero-order valence-electron chi connectivity index (χ0n) is 10.4. The van der Waals surface area contributed by atoms with Crippen molar-refractivity contribution in [1.29, 1.82) is 0 Å². The lowest BCUT2D eigenvalue weighted by Gasteiger charge is -2.35. The number of piperidine rings is 1. The van der Waals surface area contributed by atoms with Crippen molar-refractivity contribution in [3.63, 3.8) is 0 Å². The molecule has 5 heteroatoms. The SMILES string of the molecule is COC(=O)c1ccc(N2CCCC[C@H]2N)c(F)c1. The number of esters is 1. The highest BCUT2D eigenvalue weighted by Crippen LogP contribution is 2.26. The van der Waals surface area contributed by atoms with Crippen LogP contribution in [0.1, 0.15) is 29.6 Å². The molecule has 98 valence electrons. The van der Waals surface area contributed by atoms with Crippen molar-refractivity contribution in [3.8, 4) is 0 Å². The number of nitrogens with zero attached hydrogens (tertiary/aromatic N) is 1. The zero-order chi connectivity index (χ0) is 13.1. The maximum absolute atomic E-state index is 14.0. The minimum atomic E-state index is -0.539. The molecule has 18 heavy (non-hydrogen) atoms. The first-order valence-electron chi connectivity index (χ1n) is 6.03. The summed E-state index contributed by atoms with van der Waals surface area (Å²) in [5.74, 6) is -0.973. The van der Waals surface area contributed by atoms with Gasteiger partial charge in [-0.3, -0.25) is 0 Å². The summed E-state index contributed by atoms with van der Waals surface area (Å²) in [7, 11) is 1.27. The van der Waals surface area contributed by atoms with Gasteiger partial charge in [0.1, 0.15) is 5.82 Å². The lowest BCUT2D eigenvalue weighted by Crippen LogP contribution is -2.45. The van der Waals surface area contributed by atoms with Gasteiger partial charge in [-0.05, 0) is 37.5 Å². The number of halogens is 1. The molecular weight excluding hydrogens is 235 g/mol. The summed E-state index contributed by atoms with van der Waals surface area (Å²) in [5, 5.41) is 0. The van der Waals surface area contributed by atoms with Crippen LogP contribution in [0.15, 0.2) is 18.2 Å². The second-order valence-electron chi connectivity index (χ2n) is 4.41. The third kappa shape index (κ3) is 2.46. The van der Waals surface area contributed by atoms with E-state index in [2.05, 4.69) is 4.74 Å². The molecule has 0 saturated carbocycles. The molecule has 0 unspecified atom stereocenters. The molecule has 0 aromatic heterocycles. The Morgan fingerprint density at radius 2 is 2.28 bits per heavy atom. The molecule has 0 spiro atoms. The van der Waals surface area contributed by atoms with Gasteiger partial charge in [0.25, 0.3) is 0 Å². The van der Waals surface area contributed by atoms with Crippen LogP contribution in [-0.4, -0.2) is 25.8 Å². The molecule has 0 bridgehead atoms. The Bertz CT molecular complexity index is 451. The lowest BCUT2D eigenvalue weighted by atomic mass is 10.1. The topological polar surface area (TPSA) is 55.6 Å².